The predicted octanol–water partition coefficient (Wildman–Crippen LogP) is 19.9. The summed E-state index contributed by atoms with van der Waals surface area (Å²) in [6, 6.07) is 0. The molecule has 0 rings (SSSR count). The van der Waals surface area contributed by atoms with E-state index in [1.54, 1.807) is 0 Å². The molecule has 0 saturated heterocycles. The Hall–Kier alpha value is -3.41. The molecule has 0 aliphatic heterocycles. The molecule has 6 nitrogen and oxygen atoms in total. The first kappa shape index (κ1) is 66.6. The molecule has 6 heteroatoms. The maximum absolute atomic E-state index is 12.8. The minimum Gasteiger partial charge on any atom is -0.462 e. The second-order valence-electron chi connectivity index (χ2n) is 19.5. The molecule has 0 aliphatic rings. The lowest BCUT2D eigenvalue weighted by Gasteiger charge is -2.18. The van der Waals surface area contributed by atoms with Gasteiger partial charge in [-0.3, -0.25) is 14.4 Å². The molecule has 0 heterocycles. The number of allylic oxidation sites excluding steroid dienone is 14. The van der Waals surface area contributed by atoms with Crippen molar-refractivity contribution in [1.29, 1.82) is 0 Å². The van der Waals surface area contributed by atoms with E-state index >= 15 is 0 Å². The monoisotopic (exact) mass is 975 g/mol. The Morgan fingerprint density at radius 2 is 0.557 bits per heavy atom. The van der Waals surface area contributed by atoms with Gasteiger partial charge in [0.2, 0.25) is 0 Å². The van der Waals surface area contributed by atoms with Gasteiger partial charge >= 0.3 is 17.9 Å². The molecule has 0 bridgehead atoms. The van der Waals surface area contributed by atoms with Crippen LogP contribution < -0.4 is 0 Å². The fourth-order valence-corrected chi connectivity index (χ4v) is 8.21. The van der Waals surface area contributed by atoms with Gasteiger partial charge in [-0.1, -0.05) is 254 Å². The summed E-state index contributed by atoms with van der Waals surface area (Å²) >= 11 is 0. The lowest BCUT2D eigenvalue weighted by atomic mass is 10.0. The number of ether oxygens (including phenoxy) is 3. The third kappa shape index (κ3) is 55.5. The van der Waals surface area contributed by atoms with Crippen molar-refractivity contribution in [1.82, 2.24) is 0 Å². The Morgan fingerprint density at radius 1 is 0.300 bits per heavy atom. The van der Waals surface area contributed by atoms with Crippen LogP contribution in [0, 0.1) is 0 Å². The van der Waals surface area contributed by atoms with E-state index in [1.807, 2.05) is 0 Å². The van der Waals surface area contributed by atoms with Crippen molar-refractivity contribution in [2.45, 2.75) is 290 Å². The molecular formula is C64H110O6. The SMILES string of the molecule is CC/C=C\C/C=C\C/C=C\C/C=C\C/C=C\C/C=C\CCCCC(=O)OC(COC(=O)CCCCCCCC)COC(=O)CCCCCCCCCCCCCCC/C=C\CCCCCCCCCC. The van der Waals surface area contributed by atoms with Crippen LogP contribution in [0.1, 0.15) is 284 Å². The highest BCUT2D eigenvalue weighted by Crippen LogP contribution is 2.16. The molecular weight excluding hydrogens is 865 g/mol. The van der Waals surface area contributed by atoms with Crippen LogP contribution in [0.5, 0.6) is 0 Å². The van der Waals surface area contributed by atoms with Gasteiger partial charge in [0.1, 0.15) is 13.2 Å². The highest BCUT2D eigenvalue weighted by atomic mass is 16.6. The Kier molecular flexibility index (Phi) is 55.3. The molecule has 0 saturated carbocycles. The van der Waals surface area contributed by atoms with Crippen LogP contribution in [-0.2, 0) is 28.6 Å². The Balaban J connectivity index is 4.18. The zero-order chi connectivity index (χ0) is 50.7. The number of unbranched alkanes of at least 4 members (excludes halogenated alkanes) is 28. The van der Waals surface area contributed by atoms with Gasteiger partial charge in [-0.25, -0.2) is 0 Å². The standard InChI is InChI=1S/C64H110O6/c1-4-7-10-13-16-18-20-22-24-26-28-30-31-32-33-35-36-38-40-42-44-46-48-51-54-57-63(66)69-60-61(59-68-62(65)56-53-50-15-12-9-6-3)70-64(67)58-55-52-49-47-45-43-41-39-37-34-29-27-25-23-21-19-17-14-11-8-5-2/h8,11,17,19,23,25-26,28-29,34,39,41,45,47,61H,4-7,9-10,12-16,18,20-22,24,27,30-33,35-38,40,42-44,46,48-60H2,1-3H3/b11-8-,19-17-,25-23-,28-26-,34-29-,41-39-,47-45-. The normalized spacial score (nSPS) is 12.7. The van der Waals surface area contributed by atoms with Crippen LogP contribution in [0.15, 0.2) is 85.1 Å². The van der Waals surface area contributed by atoms with Crippen molar-refractivity contribution in [3.63, 3.8) is 0 Å². The van der Waals surface area contributed by atoms with Crippen LogP contribution in [0.3, 0.4) is 0 Å². The van der Waals surface area contributed by atoms with Crippen LogP contribution in [0.2, 0.25) is 0 Å². The van der Waals surface area contributed by atoms with Crippen molar-refractivity contribution in [3.8, 4) is 0 Å². The van der Waals surface area contributed by atoms with E-state index in [-0.39, 0.29) is 37.5 Å². The van der Waals surface area contributed by atoms with E-state index in [0.29, 0.717) is 19.3 Å². The Labute approximate surface area is 433 Å². The molecule has 1 unspecified atom stereocenters. The largest absolute Gasteiger partial charge is 0.462 e. The molecule has 0 spiro atoms. The summed E-state index contributed by atoms with van der Waals surface area (Å²) in [5.74, 6) is -0.942. The zero-order valence-corrected chi connectivity index (χ0v) is 46.0. The highest BCUT2D eigenvalue weighted by molar-refractivity contribution is 5.71. The average molecular weight is 976 g/mol. The summed E-state index contributed by atoms with van der Waals surface area (Å²) < 4.78 is 16.7. The van der Waals surface area contributed by atoms with Crippen LogP contribution in [0.4, 0.5) is 0 Å². The van der Waals surface area contributed by atoms with Crippen molar-refractivity contribution >= 4 is 17.9 Å². The maximum Gasteiger partial charge on any atom is 0.306 e. The van der Waals surface area contributed by atoms with Crippen LogP contribution >= 0.6 is 0 Å². The number of esters is 3. The van der Waals surface area contributed by atoms with Gasteiger partial charge in [0.25, 0.3) is 0 Å². The van der Waals surface area contributed by atoms with E-state index in [1.165, 1.54) is 148 Å². The fourth-order valence-electron chi connectivity index (χ4n) is 8.21. The first-order chi connectivity index (χ1) is 34.5. The molecule has 0 radical (unpaired) electrons. The van der Waals surface area contributed by atoms with Gasteiger partial charge in [-0.05, 0) is 96.3 Å². The van der Waals surface area contributed by atoms with Gasteiger partial charge in [-0.15, -0.1) is 0 Å². The molecule has 0 N–H and O–H groups in total. The van der Waals surface area contributed by atoms with Gasteiger partial charge < -0.3 is 14.2 Å². The molecule has 0 aliphatic carbocycles. The van der Waals surface area contributed by atoms with Gasteiger partial charge in [0, 0.05) is 19.3 Å². The quantitative estimate of drug-likeness (QED) is 0.0261. The highest BCUT2D eigenvalue weighted by Gasteiger charge is 2.19. The molecule has 0 amide bonds. The molecule has 70 heavy (non-hydrogen) atoms. The maximum atomic E-state index is 12.8. The first-order valence-corrected chi connectivity index (χ1v) is 29.6. The van der Waals surface area contributed by atoms with Crippen molar-refractivity contribution in [3.05, 3.63) is 85.1 Å². The summed E-state index contributed by atoms with van der Waals surface area (Å²) in [5.41, 5.74) is 0. The minimum atomic E-state index is -0.796. The van der Waals surface area contributed by atoms with E-state index < -0.39 is 6.10 Å². The van der Waals surface area contributed by atoms with Gasteiger partial charge in [0.05, 0.1) is 0 Å². The number of hydrogen-bond donors (Lipinski definition) is 0. The Morgan fingerprint density at radius 3 is 0.914 bits per heavy atom. The summed E-state index contributed by atoms with van der Waals surface area (Å²) in [6.45, 7) is 6.44. The Bertz CT molecular complexity index is 1350. The zero-order valence-electron chi connectivity index (χ0n) is 46.0. The lowest BCUT2D eigenvalue weighted by Crippen LogP contribution is -2.30. The molecule has 0 aromatic carbocycles. The van der Waals surface area contributed by atoms with Gasteiger partial charge in [-0.2, -0.15) is 0 Å². The number of carbonyl (C=O) groups is 3. The predicted molar refractivity (Wildman–Crippen MR) is 302 cm³/mol. The van der Waals surface area contributed by atoms with E-state index in [0.717, 1.165) is 89.9 Å². The second kappa shape index (κ2) is 58.2. The lowest BCUT2D eigenvalue weighted by molar-refractivity contribution is -0.167. The minimum absolute atomic E-state index is 0.0931. The fraction of sp³-hybridized carbons (Fsp3) is 0.734. The molecule has 0 fully saturated rings. The number of rotatable bonds is 53. The molecule has 402 valence electrons. The van der Waals surface area contributed by atoms with Crippen LogP contribution in [0.25, 0.3) is 0 Å². The summed E-state index contributed by atoms with van der Waals surface area (Å²) in [5, 5.41) is 0. The molecule has 0 aromatic rings. The smallest absolute Gasteiger partial charge is 0.306 e. The third-order valence-corrected chi connectivity index (χ3v) is 12.6. The van der Waals surface area contributed by atoms with Crippen molar-refractivity contribution < 1.29 is 28.6 Å². The molecule has 0 aromatic heterocycles. The number of carbonyl (C=O) groups excluding carboxylic acids is 3. The number of hydrogen-bond acceptors (Lipinski definition) is 6. The molecule has 1 atom stereocenters. The van der Waals surface area contributed by atoms with E-state index in [4.69, 9.17) is 14.2 Å². The van der Waals surface area contributed by atoms with E-state index in [9.17, 15) is 14.4 Å². The van der Waals surface area contributed by atoms with Crippen molar-refractivity contribution in [2.75, 3.05) is 13.2 Å². The third-order valence-electron chi connectivity index (χ3n) is 12.6. The summed E-state index contributed by atoms with van der Waals surface area (Å²) in [6.07, 6.45) is 76.2. The second-order valence-corrected chi connectivity index (χ2v) is 19.5. The van der Waals surface area contributed by atoms with Gasteiger partial charge in [0.15, 0.2) is 6.10 Å². The summed E-state index contributed by atoms with van der Waals surface area (Å²) in [4.78, 5) is 37.9. The first-order valence-electron chi connectivity index (χ1n) is 29.6. The summed E-state index contributed by atoms with van der Waals surface area (Å²) in [7, 11) is 0. The van der Waals surface area contributed by atoms with Crippen LogP contribution in [-0.4, -0.2) is 37.2 Å². The van der Waals surface area contributed by atoms with E-state index in [2.05, 4.69) is 106 Å². The average Bonchev–Trinajstić information content (AvgIpc) is 3.36. The van der Waals surface area contributed by atoms with Crippen molar-refractivity contribution in [2.24, 2.45) is 0 Å². The topological polar surface area (TPSA) is 78.9 Å².